The number of esters is 1. The molecule has 1 N–H and O–H groups in total. The Morgan fingerprint density at radius 3 is 2.32 bits per heavy atom. The fraction of sp³-hybridized carbons (Fsp3) is 0.385. The van der Waals surface area contributed by atoms with E-state index in [0.29, 0.717) is 18.1 Å². The first-order valence-electron chi connectivity index (χ1n) is 5.81. The van der Waals surface area contributed by atoms with Crippen molar-refractivity contribution in [3.05, 3.63) is 24.3 Å². The van der Waals surface area contributed by atoms with Crippen molar-refractivity contribution in [2.45, 2.75) is 20.0 Å². The van der Waals surface area contributed by atoms with E-state index in [1.54, 1.807) is 24.3 Å². The minimum atomic E-state index is -1.13. The zero-order valence-electron chi connectivity index (χ0n) is 10.8. The lowest BCUT2D eigenvalue weighted by Crippen LogP contribution is -2.25. The molecular weight excluding hydrogens is 252 g/mol. The van der Waals surface area contributed by atoms with Crippen molar-refractivity contribution in [3.63, 3.8) is 0 Å². The van der Waals surface area contributed by atoms with Crippen molar-refractivity contribution < 1.29 is 28.9 Å². The molecule has 0 heterocycles. The average molecular weight is 268 g/mol. The number of carbonyl (C=O) groups is 2. The van der Waals surface area contributed by atoms with Crippen molar-refractivity contribution in [3.8, 4) is 11.5 Å². The standard InChI is InChI=1S/C13H16O6/c1-3-17-10-4-6-11(7-5-10)19-12(14)8-18-9(2)13(15)16/h4-7,9H,3,8H2,1-2H3,(H,15,16). The maximum atomic E-state index is 11.4. The van der Waals surface area contributed by atoms with Crippen LogP contribution in [-0.2, 0) is 14.3 Å². The van der Waals surface area contributed by atoms with E-state index < -0.39 is 24.6 Å². The summed E-state index contributed by atoms with van der Waals surface area (Å²) >= 11 is 0. The third-order valence-corrected chi connectivity index (χ3v) is 2.17. The first-order valence-corrected chi connectivity index (χ1v) is 5.81. The molecule has 6 nitrogen and oxygen atoms in total. The van der Waals surface area contributed by atoms with Crippen LogP contribution in [0.3, 0.4) is 0 Å². The Morgan fingerprint density at radius 1 is 1.21 bits per heavy atom. The van der Waals surface area contributed by atoms with Gasteiger partial charge in [0.05, 0.1) is 6.61 Å². The molecule has 0 amide bonds. The Kier molecular flexibility index (Phi) is 5.81. The van der Waals surface area contributed by atoms with Gasteiger partial charge in [0.25, 0.3) is 0 Å². The number of aliphatic carboxylic acids is 1. The van der Waals surface area contributed by atoms with E-state index in [1.165, 1.54) is 6.92 Å². The van der Waals surface area contributed by atoms with Gasteiger partial charge in [0, 0.05) is 0 Å². The molecule has 0 spiro atoms. The summed E-state index contributed by atoms with van der Waals surface area (Å²) in [5, 5.41) is 8.57. The molecule has 1 rings (SSSR count). The zero-order valence-corrected chi connectivity index (χ0v) is 10.8. The normalized spacial score (nSPS) is 11.7. The largest absolute Gasteiger partial charge is 0.494 e. The van der Waals surface area contributed by atoms with E-state index >= 15 is 0 Å². The van der Waals surface area contributed by atoms with Crippen LogP contribution in [-0.4, -0.2) is 36.4 Å². The zero-order chi connectivity index (χ0) is 14.3. The Morgan fingerprint density at radius 2 is 1.79 bits per heavy atom. The molecule has 104 valence electrons. The molecular formula is C13H16O6. The quantitative estimate of drug-likeness (QED) is 0.596. The summed E-state index contributed by atoms with van der Waals surface area (Å²) in [5.74, 6) is -0.760. The highest BCUT2D eigenvalue weighted by Gasteiger charge is 2.14. The molecule has 0 fully saturated rings. The van der Waals surface area contributed by atoms with E-state index in [-0.39, 0.29) is 0 Å². The van der Waals surface area contributed by atoms with E-state index in [0.717, 1.165) is 0 Å². The second-order valence-corrected chi connectivity index (χ2v) is 3.67. The lowest BCUT2D eigenvalue weighted by molar-refractivity contribution is -0.153. The van der Waals surface area contributed by atoms with Crippen molar-refractivity contribution >= 4 is 11.9 Å². The molecule has 0 aromatic heterocycles. The minimum Gasteiger partial charge on any atom is -0.494 e. The van der Waals surface area contributed by atoms with Gasteiger partial charge < -0.3 is 19.3 Å². The minimum absolute atomic E-state index is 0.347. The second-order valence-electron chi connectivity index (χ2n) is 3.67. The molecule has 0 bridgehead atoms. The molecule has 0 saturated carbocycles. The van der Waals surface area contributed by atoms with E-state index in [4.69, 9.17) is 19.3 Å². The monoisotopic (exact) mass is 268 g/mol. The lowest BCUT2D eigenvalue weighted by Gasteiger charge is -2.08. The summed E-state index contributed by atoms with van der Waals surface area (Å²) in [7, 11) is 0. The molecule has 0 aliphatic heterocycles. The van der Waals surface area contributed by atoms with Crippen LogP contribution in [0.2, 0.25) is 0 Å². The van der Waals surface area contributed by atoms with E-state index in [9.17, 15) is 9.59 Å². The van der Waals surface area contributed by atoms with Crippen LogP contribution in [0.25, 0.3) is 0 Å². The smallest absolute Gasteiger partial charge is 0.337 e. The summed E-state index contributed by atoms with van der Waals surface area (Å²) in [5.41, 5.74) is 0. The number of carboxylic acids is 1. The highest BCUT2D eigenvalue weighted by atomic mass is 16.6. The number of hydrogen-bond acceptors (Lipinski definition) is 5. The summed E-state index contributed by atoms with van der Waals surface area (Å²) < 4.78 is 15.0. The maximum Gasteiger partial charge on any atom is 0.337 e. The Bertz CT molecular complexity index is 425. The summed E-state index contributed by atoms with van der Waals surface area (Å²) in [4.78, 5) is 21.9. The second kappa shape index (κ2) is 7.38. The number of carbonyl (C=O) groups excluding carboxylic acids is 1. The molecule has 1 unspecified atom stereocenters. The SMILES string of the molecule is CCOc1ccc(OC(=O)COC(C)C(=O)O)cc1. The predicted octanol–water partition coefficient (Wildman–Crippen LogP) is 1.48. The number of hydrogen-bond donors (Lipinski definition) is 1. The van der Waals surface area contributed by atoms with Crippen LogP contribution in [0, 0.1) is 0 Å². The van der Waals surface area contributed by atoms with E-state index in [1.807, 2.05) is 6.92 Å². The summed E-state index contributed by atoms with van der Waals surface area (Å²) in [6, 6.07) is 6.52. The average Bonchev–Trinajstić information content (AvgIpc) is 2.38. The summed E-state index contributed by atoms with van der Waals surface area (Å²) in [6.07, 6.45) is -1.05. The van der Waals surface area contributed by atoms with Gasteiger partial charge in [-0.05, 0) is 38.1 Å². The molecule has 1 aromatic carbocycles. The van der Waals surface area contributed by atoms with Crippen LogP contribution in [0.5, 0.6) is 11.5 Å². The fourth-order valence-corrected chi connectivity index (χ4v) is 1.20. The van der Waals surface area contributed by atoms with Gasteiger partial charge in [0.2, 0.25) is 0 Å². The lowest BCUT2D eigenvalue weighted by atomic mass is 10.3. The van der Waals surface area contributed by atoms with Gasteiger partial charge in [-0.3, -0.25) is 0 Å². The van der Waals surface area contributed by atoms with Crippen molar-refractivity contribution in [1.82, 2.24) is 0 Å². The molecule has 0 saturated heterocycles. The van der Waals surface area contributed by atoms with Gasteiger partial charge >= 0.3 is 11.9 Å². The van der Waals surface area contributed by atoms with Gasteiger partial charge in [-0.2, -0.15) is 0 Å². The highest BCUT2D eigenvalue weighted by molar-refractivity contribution is 5.75. The van der Waals surface area contributed by atoms with Gasteiger partial charge in [0.1, 0.15) is 18.1 Å². The van der Waals surface area contributed by atoms with Gasteiger partial charge in [-0.1, -0.05) is 0 Å². The number of ether oxygens (including phenoxy) is 3. The van der Waals surface area contributed by atoms with Crippen LogP contribution in [0.4, 0.5) is 0 Å². The first-order chi connectivity index (χ1) is 9.02. The Hall–Kier alpha value is -2.08. The molecule has 6 heteroatoms. The van der Waals surface area contributed by atoms with Crippen molar-refractivity contribution in [2.75, 3.05) is 13.2 Å². The maximum absolute atomic E-state index is 11.4. The number of benzene rings is 1. The molecule has 0 aliphatic rings. The highest BCUT2D eigenvalue weighted by Crippen LogP contribution is 2.17. The summed E-state index contributed by atoms with van der Waals surface area (Å²) in [6.45, 7) is 3.35. The van der Waals surface area contributed by atoms with Crippen molar-refractivity contribution in [2.24, 2.45) is 0 Å². The molecule has 0 aliphatic carbocycles. The predicted molar refractivity (Wildman–Crippen MR) is 66.3 cm³/mol. The molecule has 1 aromatic rings. The molecule has 1 atom stereocenters. The first kappa shape index (κ1) is 15.0. The molecule has 19 heavy (non-hydrogen) atoms. The molecule has 0 radical (unpaired) electrons. The Balaban J connectivity index is 2.41. The topological polar surface area (TPSA) is 82.1 Å². The van der Waals surface area contributed by atoms with E-state index in [2.05, 4.69) is 0 Å². The van der Waals surface area contributed by atoms with Crippen LogP contribution in [0.1, 0.15) is 13.8 Å². The Labute approximate surface area is 110 Å². The third kappa shape index (κ3) is 5.39. The third-order valence-electron chi connectivity index (χ3n) is 2.17. The van der Waals surface area contributed by atoms with Gasteiger partial charge in [-0.25, -0.2) is 9.59 Å². The fourth-order valence-electron chi connectivity index (χ4n) is 1.20. The van der Waals surface area contributed by atoms with Crippen LogP contribution < -0.4 is 9.47 Å². The van der Waals surface area contributed by atoms with Crippen LogP contribution >= 0.6 is 0 Å². The van der Waals surface area contributed by atoms with Gasteiger partial charge in [-0.15, -0.1) is 0 Å². The van der Waals surface area contributed by atoms with Crippen molar-refractivity contribution in [1.29, 1.82) is 0 Å². The number of carboxylic acid groups (broad SMARTS) is 1. The van der Waals surface area contributed by atoms with Crippen LogP contribution in [0.15, 0.2) is 24.3 Å². The van der Waals surface area contributed by atoms with Gasteiger partial charge in [0.15, 0.2) is 6.10 Å². The number of rotatable bonds is 7.